The molecule has 0 aliphatic heterocycles. The average Bonchev–Trinajstić information content (AvgIpc) is 2.73. The molecule has 3 aromatic rings. The van der Waals surface area contributed by atoms with Crippen LogP contribution in [-0.2, 0) is 6.54 Å². The second kappa shape index (κ2) is 8.90. The van der Waals surface area contributed by atoms with Crippen molar-refractivity contribution in [3.63, 3.8) is 0 Å². The van der Waals surface area contributed by atoms with E-state index < -0.39 is 0 Å². The first-order valence-electron chi connectivity index (χ1n) is 9.10. The number of pyridine rings is 2. The summed E-state index contributed by atoms with van der Waals surface area (Å²) in [6.07, 6.45) is 4.61. The van der Waals surface area contributed by atoms with E-state index in [4.69, 9.17) is 0 Å². The van der Waals surface area contributed by atoms with Crippen molar-refractivity contribution in [1.29, 1.82) is 0 Å². The first-order valence-corrected chi connectivity index (χ1v) is 9.10. The molecule has 1 N–H and O–H groups in total. The fraction of sp³-hybridized carbons (Fsp3) is 0.182. The van der Waals surface area contributed by atoms with Gasteiger partial charge >= 0.3 is 0 Å². The van der Waals surface area contributed by atoms with Crippen molar-refractivity contribution in [3.8, 4) is 0 Å². The van der Waals surface area contributed by atoms with E-state index in [0.29, 0.717) is 24.2 Å². The van der Waals surface area contributed by atoms with E-state index in [0.717, 1.165) is 16.9 Å². The minimum atomic E-state index is -0.300. The van der Waals surface area contributed by atoms with Gasteiger partial charge in [-0.3, -0.25) is 19.6 Å². The molecular formula is C22H22N4O2. The van der Waals surface area contributed by atoms with E-state index >= 15 is 0 Å². The van der Waals surface area contributed by atoms with Crippen LogP contribution in [-0.4, -0.2) is 28.3 Å². The largest absolute Gasteiger partial charge is 0.346 e. The molecule has 142 valence electrons. The Morgan fingerprint density at radius 2 is 1.86 bits per heavy atom. The van der Waals surface area contributed by atoms with Crippen LogP contribution in [0.4, 0.5) is 5.69 Å². The Kier molecular flexibility index (Phi) is 6.11. The molecule has 0 saturated carbocycles. The van der Waals surface area contributed by atoms with E-state index in [1.807, 2.05) is 56.3 Å². The second-order valence-electron chi connectivity index (χ2n) is 6.35. The number of carbonyl (C=O) groups excluding carboxylic acids is 2. The summed E-state index contributed by atoms with van der Waals surface area (Å²) in [6.45, 7) is 4.72. The van der Waals surface area contributed by atoms with Crippen LogP contribution in [0.3, 0.4) is 0 Å². The number of anilines is 1. The summed E-state index contributed by atoms with van der Waals surface area (Å²) in [7, 11) is 0. The third-order valence-corrected chi connectivity index (χ3v) is 4.28. The SMILES string of the molecule is CCN(C(=O)c1cncc(C(=O)NCc2ccccn2)c1)c1cccc(C)c1. The zero-order valence-electron chi connectivity index (χ0n) is 15.9. The second-order valence-corrected chi connectivity index (χ2v) is 6.35. The van der Waals surface area contributed by atoms with E-state index in [9.17, 15) is 9.59 Å². The van der Waals surface area contributed by atoms with Crippen molar-refractivity contribution in [1.82, 2.24) is 15.3 Å². The van der Waals surface area contributed by atoms with Gasteiger partial charge in [0.05, 0.1) is 23.4 Å². The maximum atomic E-state index is 13.0. The standard InChI is InChI=1S/C22H22N4O2/c1-3-26(20-9-6-7-16(2)11-20)22(28)18-12-17(13-23-14-18)21(27)25-15-19-8-4-5-10-24-19/h4-14H,3,15H2,1-2H3,(H,25,27). The summed E-state index contributed by atoms with van der Waals surface area (Å²) in [5, 5.41) is 2.80. The monoisotopic (exact) mass is 374 g/mol. The molecule has 0 fully saturated rings. The maximum Gasteiger partial charge on any atom is 0.259 e. The van der Waals surface area contributed by atoms with Gasteiger partial charge in [0.15, 0.2) is 0 Å². The Labute approximate surface area is 164 Å². The van der Waals surface area contributed by atoms with E-state index in [-0.39, 0.29) is 11.8 Å². The molecule has 6 nitrogen and oxygen atoms in total. The topological polar surface area (TPSA) is 75.2 Å². The fourth-order valence-electron chi connectivity index (χ4n) is 2.85. The lowest BCUT2D eigenvalue weighted by Crippen LogP contribution is -2.31. The molecule has 2 amide bonds. The van der Waals surface area contributed by atoms with Crippen molar-refractivity contribution >= 4 is 17.5 Å². The van der Waals surface area contributed by atoms with Gasteiger partial charge in [-0.1, -0.05) is 18.2 Å². The number of amides is 2. The third-order valence-electron chi connectivity index (χ3n) is 4.28. The molecule has 0 aliphatic carbocycles. The predicted molar refractivity (Wildman–Crippen MR) is 108 cm³/mol. The molecule has 0 spiro atoms. The van der Waals surface area contributed by atoms with Crippen LogP contribution < -0.4 is 10.2 Å². The van der Waals surface area contributed by atoms with Crippen molar-refractivity contribution in [2.75, 3.05) is 11.4 Å². The van der Waals surface area contributed by atoms with Gasteiger partial charge in [-0.2, -0.15) is 0 Å². The first-order chi connectivity index (χ1) is 13.6. The van der Waals surface area contributed by atoms with Crippen LogP contribution in [0.5, 0.6) is 0 Å². The van der Waals surface area contributed by atoms with E-state index in [1.54, 1.807) is 17.2 Å². The number of aryl methyl sites for hydroxylation is 1. The van der Waals surface area contributed by atoms with Gasteiger partial charge < -0.3 is 10.2 Å². The summed E-state index contributed by atoms with van der Waals surface area (Å²) in [5.74, 6) is -0.494. The number of nitrogens with one attached hydrogen (secondary N) is 1. The molecule has 0 bridgehead atoms. The Morgan fingerprint density at radius 1 is 1.04 bits per heavy atom. The van der Waals surface area contributed by atoms with E-state index in [1.165, 1.54) is 12.4 Å². The highest BCUT2D eigenvalue weighted by molar-refractivity contribution is 6.07. The molecular weight excluding hydrogens is 352 g/mol. The number of hydrogen-bond donors (Lipinski definition) is 1. The van der Waals surface area contributed by atoms with E-state index in [2.05, 4.69) is 15.3 Å². The lowest BCUT2D eigenvalue weighted by atomic mass is 10.1. The smallest absolute Gasteiger partial charge is 0.259 e. The number of nitrogens with zero attached hydrogens (tertiary/aromatic N) is 3. The van der Waals surface area contributed by atoms with Crippen LogP contribution in [0.15, 0.2) is 67.1 Å². The number of hydrogen-bond acceptors (Lipinski definition) is 4. The minimum Gasteiger partial charge on any atom is -0.346 e. The zero-order chi connectivity index (χ0) is 19.9. The molecule has 2 heterocycles. The van der Waals surface area contributed by atoms with Crippen molar-refractivity contribution in [3.05, 3.63) is 89.5 Å². The quantitative estimate of drug-likeness (QED) is 0.718. The van der Waals surface area contributed by atoms with Crippen molar-refractivity contribution in [2.24, 2.45) is 0 Å². The summed E-state index contributed by atoms with van der Waals surface area (Å²) >= 11 is 0. The Balaban J connectivity index is 1.76. The lowest BCUT2D eigenvalue weighted by molar-refractivity contribution is 0.0950. The molecule has 3 rings (SSSR count). The number of carbonyl (C=O) groups is 2. The Hall–Kier alpha value is -3.54. The summed E-state index contributed by atoms with van der Waals surface area (Å²) in [5.41, 5.74) is 3.35. The van der Waals surface area contributed by atoms with Crippen LogP contribution in [0.25, 0.3) is 0 Å². The average molecular weight is 374 g/mol. The molecule has 0 saturated heterocycles. The van der Waals surface area contributed by atoms with Gasteiger partial charge in [0.1, 0.15) is 0 Å². The highest BCUT2D eigenvalue weighted by atomic mass is 16.2. The predicted octanol–water partition coefficient (Wildman–Crippen LogP) is 3.38. The Morgan fingerprint density at radius 3 is 2.57 bits per heavy atom. The zero-order valence-corrected chi connectivity index (χ0v) is 15.9. The van der Waals surface area contributed by atoms with Gasteiger partial charge in [-0.15, -0.1) is 0 Å². The van der Waals surface area contributed by atoms with Gasteiger partial charge in [0.25, 0.3) is 11.8 Å². The van der Waals surface area contributed by atoms with Gasteiger partial charge in [-0.05, 0) is 49.7 Å². The molecule has 1 aromatic carbocycles. The lowest BCUT2D eigenvalue weighted by Gasteiger charge is -2.21. The molecule has 0 radical (unpaired) electrons. The van der Waals surface area contributed by atoms with Crippen LogP contribution in [0.1, 0.15) is 38.9 Å². The number of rotatable bonds is 6. The van der Waals surface area contributed by atoms with Crippen LogP contribution >= 0.6 is 0 Å². The highest BCUT2D eigenvalue weighted by Crippen LogP contribution is 2.18. The van der Waals surface area contributed by atoms with Gasteiger partial charge in [-0.25, -0.2) is 0 Å². The normalized spacial score (nSPS) is 10.4. The minimum absolute atomic E-state index is 0.194. The summed E-state index contributed by atoms with van der Waals surface area (Å²) < 4.78 is 0. The molecule has 2 aromatic heterocycles. The fourth-order valence-corrected chi connectivity index (χ4v) is 2.85. The summed E-state index contributed by atoms with van der Waals surface area (Å²) in [4.78, 5) is 35.4. The number of aromatic nitrogens is 2. The summed E-state index contributed by atoms with van der Waals surface area (Å²) in [6, 6.07) is 14.8. The van der Waals surface area contributed by atoms with Gasteiger partial charge in [0.2, 0.25) is 0 Å². The van der Waals surface area contributed by atoms with Crippen molar-refractivity contribution < 1.29 is 9.59 Å². The molecule has 0 aliphatic rings. The molecule has 0 unspecified atom stereocenters. The molecule has 28 heavy (non-hydrogen) atoms. The van der Waals surface area contributed by atoms with Crippen LogP contribution in [0, 0.1) is 6.92 Å². The molecule has 6 heteroatoms. The first kappa shape index (κ1) is 19.2. The number of benzene rings is 1. The van der Waals surface area contributed by atoms with Crippen LogP contribution in [0.2, 0.25) is 0 Å². The highest BCUT2D eigenvalue weighted by Gasteiger charge is 2.18. The third kappa shape index (κ3) is 4.59. The Bertz CT molecular complexity index is 973. The molecule has 0 atom stereocenters. The van der Waals surface area contributed by atoms with Gasteiger partial charge in [0, 0.05) is 30.8 Å². The maximum absolute atomic E-state index is 13.0. The van der Waals surface area contributed by atoms with Crippen molar-refractivity contribution in [2.45, 2.75) is 20.4 Å².